The zero-order valence-corrected chi connectivity index (χ0v) is 7.41. The Labute approximate surface area is 67.4 Å². The van der Waals surface area contributed by atoms with Gasteiger partial charge in [0.05, 0.1) is 0 Å². The van der Waals surface area contributed by atoms with Gasteiger partial charge in [0.2, 0.25) is 0 Å². The molecule has 0 saturated carbocycles. The second-order valence-electron chi connectivity index (χ2n) is 1.34. The van der Waals surface area contributed by atoms with Crippen LogP contribution in [0.15, 0.2) is 25.0 Å². The molecule has 0 aromatic carbocycles. The van der Waals surface area contributed by atoms with Gasteiger partial charge in [0.15, 0.2) is 0 Å². The SMILES string of the molecule is C=CCSS(=O)O/C=C/C. The Hall–Kier alpha value is -0.220. The topological polar surface area (TPSA) is 26.3 Å². The van der Waals surface area contributed by atoms with Gasteiger partial charge in [-0.05, 0) is 17.7 Å². The van der Waals surface area contributed by atoms with Crippen molar-refractivity contribution in [3.05, 3.63) is 25.0 Å². The van der Waals surface area contributed by atoms with Crippen molar-refractivity contribution in [2.75, 3.05) is 5.75 Å². The molecule has 1 atom stereocenters. The van der Waals surface area contributed by atoms with Gasteiger partial charge in [-0.15, -0.1) is 6.58 Å². The smallest absolute Gasteiger partial charge is 0.270 e. The summed E-state index contributed by atoms with van der Waals surface area (Å²) in [6.45, 7) is 5.29. The van der Waals surface area contributed by atoms with Crippen molar-refractivity contribution in [2.45, 2.75) is 6.92 Å². The summed E-state index contributed by atoms with van der Waals surface area (Å²) in [5.74, 6) is 0.643. The molecular formula is C6H10O2S2. The lowest BCUT2D eigenvalue weighted by Crippen LogP contribution is -1.84. The van der Waals surface area contributed by atoms with Crippen LogP contribution in [0, 0.1) is 0 Å². The fourth-order valence-corrected chi connectivity index (χ4v) is 1.62. The normalized spacial score (nSPS) is 13.3. The Morgan fingerprint density at radius 1 is 1.80 bits per heavy atom. The first-order chi connectivity index (χ1) is 4.81. The van der Waals surface area contributed by atoms with E-state index in [0.717, 1.165) is 0 Å². The largest absolute Gasteiger partial charge is 0.401 e. The Morgan fingerprint density at radius 2 is 2.50 bits per heavy atom. The Balaban J connectivity index is 3.34. The summed E-state index contributed by atoms with van der Waals surface area (Å²) in [5.41, 5.74) is 0. The molecule has 0 aromatic heterocycles. The highest BCUT2D eigenvalue weighted by Gasteiger charge is 1.94. The predicted molar refractivity (Wildman–Crippen MR) is 46.7 cm³/mol. The van der Waals surface area contributed by atoms with Crippen molar-refractivity contribution >= 4 is 20.9 Å². The molecule has 0 aliphatic rings. The van der Waals surface area contributed by atoms with Crippen LogP contribution >= 0.6 is 10.8 Å². The van der Waals surface area contributed by atoms with E-state index >= 15 is 0 Å². The average molecular weight is 178 g/mol. The van der Waals surface area contributed by atoms with Crippen molar-refractivity contribution in [3.63, 3.8) is 0 Å². The van der Waals surface area contributed by atoms with Crippen molar-refractivity contribution in [1.82, 2.24) is 0 Å². The van der Waals surface area contributed by atoms with E-state index in [9.17, 15) is 4.21 Å². The fraction of sp³-hybridized carbons (Fsp3) is 0.333. The third-order valence-electron chi connectivity index (χ3n) is 0.552. The molecule has 0 aromatic rings. The van der Waals surface area contributed by atoms with E-state index in [0.29, 0.717) is 5.75 Å². The molecule has 0 fully saturated rings. The molecular weight excluding hydrogens is 168 g/mol. The van der Waals surface area contributed by atoms with E-state index in [2.05, 4.69) is 6.58 Å². The van der Waals surface area contributed by atoms with Gasteiger partial charge in [0.25, 0.3) is 10.1 Å². The molecule has 0 N–H and O–H groups in total. The Morgan fingerprint density at radius 3 is 3.00 bits per heavy atom. The second-order valence-corrected chi connectivity index (χ2v) is 4.04. The van der Waals surface area contributed by atoms with E-state index < -0.39 is 10.1 Å². The van der Waals surface area contributed by atoms with Crippen LogP contribution in [0.25, 0.3) is 0 Å². The molecule has 0 aliphatic heterocycles. The maximum Gasteiger partial charge on any atom is 0.270 e. The maximum absolute atomic E-state index is 10.7. The molecule has 0 bridgehead atoms. The summed E-state index contributed by atoms with van der Waals surface area (Å²) in [6, 6.07) is 0. The first-order valence-electron chi connectivity index (χ1n) is 2.75. The van der Waals surface area contributed by atoms with Crippen LogP contribution < -0.4 is 0 Å². The first kappa shape index (κ1) is 9.78. The first-order valence-corrected chi connectivity index (χ1v) is 5.33. The third kappa shape index (κ3) is 5.91. The summed E-state index contributed by atoms with van der Waals surface area (Å²) in [5, 5.41) is 0. The van der Waals surface area contributed by atoms with Crippen molar-refractivity contribution in [2.24, 2.45) is 0 Å². The minimum Gasteiger partial charge on any atom is -0.401 e. The van der Waals surface area contributed by atoms with Crippen LogP contribution in [0.5, 0.6) is 0 Å². The predicted octanol–water partition coefficient (Wildman–Crippen LogP) is 2.03. The van der Waals surface area contributed by atoms with E-state index in [-0.39, 0.29) is 0 Å². The lowest BCUT2D eigenvalue weighted by atomic mass is 10.8. The van der Waals surface area contributed by atoms with Crippen molar-refractivity contribution in [3.8, 4) is 0 Å². The molecule has 0 heterocycles. The monoisotopic (exact) mass is 178 g/mol. The molecule has 0 saturated heterocycles. The molecule has 0 spiro atoms. The standard InChI is InChI=1S/C6H10O2S2/c1-3-5-8-10(7)9-6-4-2/h3-5H,2,6H2,1H3/b5-3+. The van der Waals surface area contributed by atoms with Gasteiger partial charge in [-0.3, -0.25) is 0 Å². The van der Waals surface area contributed by atoms with E-state index in [1.165, 1.54) is 17.1 Å². The van der Waals surface area contributed by atoms with Crippen molar-refractivity contribution in [1.29, 1.82) is 0 Å². The minimum absolute atomic E-state index is 0.643. The van der Waals surface area contributed by atoms with Gasteiger partial charge in [-0.25, -0.2) is 4.21 Å². The van der Waals surface area contributed by atoms with Gasteiger partial charge in [-0.2, -0.15) is 0 Å². The van der Waals surface area contributed by atoms with Gasteiger partial charge in [0.1, 0.15) is 6.26 Å². The Bertz CT molecular complexity index is 143. The van der Waals surface area contributed by atoms with Crippen LogP contribution in [0.1, 0.15) is 6.92 Å². The molecule has 58 valence electrons. The fourth-order valence-electron chi connectivity index (χ4n) is 0.232. The van der Waals surface area contributed by atoms with Gasteiger partial charge in [-0.1, -0.05) is 12.2 Å². The number of rotatable bonds is 5. The highest BCUT2D eigenvalue weighted by molar-refractivity contribution is 8.67. The van der Waals surface area contributed by atoms with Gasteiger partial charge in [0, 0.05) is 5.75 Å². The zero-order valence-electron chi connectivity index (χ0n) is 5.78. The van der Waals surface area contributed by atoms with Crippen LogP contribution in [-0.4, -0.2) is 9.96 Å². The molecule has 0 aliphatic carbocycles. The summed E-state index contributed by atoms with van der Waals surface area (Å²) in [7, 11) is -0.0641. The zero-order chi connectivity index (χ0) is 7.82. The Kier molecular flexibility index (Phi) is 6.74. The number of hydrogen-bond acceptors (Lipinski definition) is 3. The van der Waals surface area contributed by atoms with E-state index in [1.54, 1.807) is 19.1 Å². The molecule has 0 amide bonds. The lowest BCUT2D eigenvalue weighted by molar-refractivity contribution is 0.518. The van der Waals surface area contributed by atoms with E-state index in [4.69, 9.17) is 4.18 Å². The van der Waals surface area contributed by atoms with Crippen LogP contribution in [0.2, 0.25) is 0 Å². The molecule has 10 heavy (non-hydrogen) atoms. The molecule has 0 rings (SSSR count). The minimum atomic E-state index is -1.26. The summed E-state index contributed by atoms with van der Waals surface area (Å²) < 4.78 is 15.4. The van der Waals surface area contributed by atoms with Gasteiger partial charge < -0.3 is 4.18 Å². The highest BCUT2D eigenvalue weighted by Crippen LogP contribution is 2.08. The van der Waals surface area contributed by atoms with Crippen molar-refractivity contribution < 1.29 is 8.39 Å². The molecule has 4 heteroatoms. The summed E-state index contributed by atoms with van der Waals surface area (Å²) in [6.07, 6.45) is 4.78. The lowest BCUT2D eigenvalue weighted by Gasteiger charge is -1.94. The number of hydrogen-bond donors (Lipinski definition) is 0. The second kappa shape index (κ2) is 6.89. The average Bonchev–Trinajstić information content (AvgIpc) is 1.97. The summed E-state index contributed by atoms with van der Waals surface area (Å²) >= 11 is 0. The third-order valence-corrected chi connectivity index (χ3v) is 2.61. The quantitative estimate of drug-likeness (QED) is 0.366. The van der Waals surface area contributed by atoms with Crippen LogP contribution in [-0.2, 0) is 14.3 Å². The molecule has 1 unspecified atom stereocenters. The van der Waals surface area contributed by atoms with Crippen LogP contribution in [0.3, 0.4) is 0 Å². The maximum atomic E-state index is 10.7. The van der Waals surface area contributed by atoms with E-state index in [1.807, 2.05) is 0 Å². The number of allylic oxidation sites excluding steroid dienone is 1. The highest BCUT2D eigenvalue weighted by atomic mass is 33.1. The van der Waals surface area contributed by atoms with Crippen LogP contribution in [0.4, 0.5) is 0 Å². The van der Waals surface area contributed by atoms with Gasteiger partial charge >= 0.3 is 0 Å². The summed E-state index contributed by atoms with van der Waals surface area (Å²) in [4.78, 5) is 0. The molecule has 0 radical (unpaired) electrons. The molecule has 2 nitrogen and oxygen atoms in total.